The van der Waals surface area contributed by atoms with Gasteiger partial charge >= 0.3 is 0 Å². The second-order valence-corrected chi connectivity index (χ2v) is 16.2. The Balaban J connectivity index is 0.802. The largest absolute Gasteiger partial charge is 0.489 e. The summed E-state index contributed by atoms with van der Waals surface area (Å²) in [4.78, 5) is 60.1. The first kappa shape index (κ1) is 37.6. The third-order valence-electron chi connectivity index (χ3n) is 11.0. The van der Waals surface area contributed by atoms with Crippen molar-refractivity contribution in [3.05, 3.63) is 110 Å². The molecule has 16 heteroatoms. The number of hydrogen-bond acceptors (Lipinski definition) is 11. The average Bonchev–Trinajstić information content (AvgIpc) is 3.94. The summed E-state index contributed by atoms with van der Waals surface area (Å²) in [5.74, 6) is 6.53. The Morgan fingerprint density at radius 2 is 1.76 bits per heavy atom. The Morgan fingerprint density at radius 3 is 2.55 bits per heavy atom. The fourth-order valence-electron chi connectivity index (χ4n) is 8.05. The molecule has 294 valence electrons. The lowest BCUT2D eigenvalue weighted by molar-refractivity contribution is -0.136. The number of fused-ring (bicyclic) bond motifs is 4. The van der Waals surface area contributed by atoms with Crippen molar-refractivity contribution in [1.29, 1.82) is 0 Å². The zero-order valence-electron chi connectivity index (χ0n) is 31.8. The maximum atomic E-state index is 13.5. The minimum absolute atomic E-state index is 0.0680. The van der Waals surface area contributed by atoms with Gasteiger partial charge in [0, 0.05) is 48.4 Å². The number of benzene rings is 2. The molecule has 2 aromatic carbocycles. The van der Waals surface area contributed by atoms with E-state index in [1.165, 1.54) is 0 Å². The zero-order valence-corrected chi connectivity index (χ0v) is 33.4. The molecular weight excluding hydrogens is 778 g/mol. The van der Waals surface area contributed by atoms with Gasteiger partial charge in [-0.2, -0.15) is 5.10 Å². The molecule has 4 amide bonds. The highest BCUT2D eigenvalue weighted by Gasteiger charge is 2.46. The number of aromatic nitrogens is 5. The molecule has 2 fully saturated rings. The molecule has 1 unspecified atom stereocenters. The number of halogens is 1. The van der Waals surface area contributed by atoms with Crippen LogP contribution < -0.4 is 10.1 Å². The Morgan fingerprint density at radius 1 is 0.948 bits per heavy atom. The molecular formula is C42H38ClN9O5S. The molecule has 4 aliphatic rings. The van der Waals surface area contributed by atoms with Crippen molar-refractivity contribution >= 4 is 52.3 Å². The van der Waals surface area contributed by atoms with E-state index >= 15 is 0 Å². The highest BCUT2D eigenvalue weighted by atomic mass is 35.5. The van der Waals surface area contributed by atoms with E-state index in [0.717, 1.165) is 99.8 Å². The molecule has 3 aromatic heterocycles. The van der Waals surface area contributed by atoms with Gasteiger partial charge in [-0.25, -0.2) is 0 Å². The fourth-order valence-corrected chi connectivity index (χ4v) is 9.40. The smallest absolute Gasteiger partial charge is 0.266 e. The number of nitrogens with zero attached hydrogens (tertiary/aromatic N) is 8. The highest BCUT2D eigenvalue weighted by molar-refractivity contribution is 7.15. The zero-order chi connectivity index (χ0) is 40.1. The number of hydrogen-bond donors (Lipinski definition) is 1. The lowest BCUT2D eigenvalue weighted by Crippen LogP contribution is -2.54. The van der Waals surface area contributed by atoms with Crippen LogP contribution >= 0.6 is 22.9 Å². The van der Waals surface area contributed by atoms with Crippen LogP contribution in [-0.4, -0.2) is 95.5 Å². The molecule has 0 aliphatic carbocycles. The molecule has 2 saturated heterocycles. The van der Waals surface area contributed by atoms with Gasteiger partial charge in [-0.05, 0) is 75.9 Å². The van der Waals surface area contributed by atoms with Crippen molar-refractivity contribution in [1.82, 2.24) is 39.7 Å². The second kappa shape index (κ2) is 15.4. The molecule has 5 aromatic rings. The highest BCUT2D eigenvalue weighted by Crippen LogP contribution is 2.37. The minimum atomic E-state index is -1.02. The number of piperidine rings is 2. The number of carbonyl (C=O) groups is 4. The van der Waals surface area contributed by atoms with Gasteiger partial charge in [-0.3, -0.25) is 43.6 Å². The molecule has 4 aliphatic heterocycles. The maximum Gasteiger partial charge on any atom is 0.266 e. The normalized spacial score (nSPS) is 18.2. The van der Waals surface area contributed by atoms with Crippen molar-refractivity contribution in [3.63, 3.8) is 0 Å². The van der Waals surface area contributed by atoms with Crippen LogP contribution in [0.1, 0.15) is 91.6 Å². The molecule has 0 spiro atoms. The number of amides is 4. The summed E-state index contributed by atoms with van der Waals surface area (Å²) in [7, 11) is 0. The van der Waals surface area contributed by atoms with Crippen molar-refractivity contribution in [3.8, 4) is 22.6 Å². The van der Waals surface area contributed by atoms with Crippen molar-refractivity contribution in [2.75, 3.05) is 19.6 Å². The maximum absolute atomic E-state index is 13.5. The average molecular weight is 816 g/mol. The summed E-state index contributed by atoms with van der Waals surface area (Å²) in [5.41, 5.74) is 5.18. The van der Waals surface area contributed by atoms with E-state index in [1.807, 2.05) is 42.1 Å². The number of nitrogens with one attached hydrogen (secondary N) is 1. The van der Waals surface area contributed by atoms with Gasteiger partial charge in [0.25, 0.3) is 11.8 Å². The second-order valence-electron chi connectivity index (χ2n) is 14.8. The van der Waals surface area contributed by atoms with Crippen molar-refractivity contribution in [2.45, 2.75) is 71.2 Å². The SMILES string of the molecule is Cc1c(C#Cc2cnn(CCCN3CCC(Oc4cccc5c4C(=O)N(C4CCC(=O)NC4=O)C5=O)CC3)c2)sc2c1C(c1ccc(Cl)cc1)=NCc1nnc(C)n1-2. The summed E-state index contributed by atoms with van der Waals surface area (Å²) in [6, 6.07) is 11.7. The summed E-state index contributed by atoms with van der Waals surface area (Å²) >= 11 is 7.82. The number of imide groups is 2. The van der Waals surface area contributed by atoms with Crippen LogP contribution in [0.5, 0.6) is 5.75 Å². The quantitative estimate of drug-likeness (QED) is 0.170. The van der Waals surface area contributed by atoms with Gasteiger partial charge in [0.1, 0.15) is 35.3 Å². The Labute approximate surface area is 342 Å². The third kappa shape index (κ3) is 7.01. The van der Waals surface area contributed by atoms with E-state index in [1.54, 1.807) is 35.7 Å². The van der Waals surface area contributed by atoms with Gasteiger partial charge in [0.2, 0.25) is 11.8 Å². The monoisotopic (exact) mass is 815 g/mol. The Bertz CT molecular complexity index is 2590. The Kier molecular flexibility index (Phi) is 10.0. The number of likely N-dealkylation sites (tertiary alicyclic amines) is 1. The molecule has 58 heavy (non-hydrogen) atoms. The lowest BCUT2D eigenvalue weighted by atomic mass is 10.00. The molecule has 1 atom stereocenters. The van der Waals surface area contributed by atoms with Crippen LogP contribution in [0.2, 0.25) is 5.02 Å². The number of aryl methyl sites for hydroxylation is 2. The summed E-state index contributed by atoms with van der Waals surface area (Å²) in [6.45, 7) is 7.76. The van der Waals surface area contributed by atoms with Gasteiger partial charge < -0.3 is 9.64 Å². The van der Waals surface area contributed by atoms with Gasteiger partial charge in [0.05, 0.1) is 33.5 Å². The molecule has 0 bridgehead atoms. The summed E-state index contributed by atoms with van der Waals surface area (Å²) in [6.07, 6.45) is 6.27. The van der Waals surface area contributed by atoms with E-state index in [4.69, 9.17) is 21.3 Å². The van der Waals surface area contributed by atoms with Crippen molar-refractivity contribution < 1.29 is 23.9 Å². The number of carbonyl (C=O) groups excluding carboxylic acids is 4. The van der Waals surface area contributed by atoms with E-state index in [2.05, 4.69) is 48.8 Å². The molecule has 7 heterocycles. The van der Waals surface area contributed by atoms with E-state index in [0.29, 0.717) is 17.3 Å². The molecule has 0 radical (unpaired) electrons. The van der Waals surface area contributed by atoms with E-state index in [-0.39, 0.29) is 30.1 Å². The number of thiophene rings is 1. The first-order valence-electron chi connectivity index (χ1n) is 19.3. The predicted molar refractivity (Wildman–Crippen MR) is 216 cm³/mol. The van der Waals surface area contributed by atoms with Crippen LogP contribution in [0.15, 0.2) is 59.9 Å². The number of aliphatic imine (C=N–C) groups is 1. The standard InChI is InChI=1S/C42H38ClN9O5S/c1-24-33(58-42-36(24)38(27-8-10-28(43)11-9-27)44-22-34-48-47-25(2)51(34)42)13-7-26-21-45-50(23-26)18-4-17-49-19-15-29(16-20-49)57-32-6-3-5-30-37(32)41(56)52(40(30)55)31-12-14-35(53)46-39(31)54/h3,5-6,8-11,21,23,29,31H,4,12,14-20,22H2,1-2H3,(H,46,53,54). The Hall–Kier alpha value is -5.95. The predicted octanol–water partition coefficient (Wildman–Crippen LogP) is 4.88. The first-order valence-corrected chi connectivity index (χ1v) is 20.5. The number of ether oxygens (including phenoxy) is 1. The van der Waals surface area contributed by atoms with Crippen LogP contribution in [0.3, 0.4) is 0 Å². The fraction of sp³-hybridized carbons (Fsp3) is 0.333. The first-order chi connectivity index (χ1) is 28.1. The molecule has 14 nitrogen and oxygen atoms in total. The molecule has 1 N–H and O–H groups in total. The lowest BCUT2D eigenvalue weighted by Gasteiger charge is -2.32. The number of rotatable bonds is 8. The van der Waals surface area contributed by atoms with Crippen molar-refractivity contribution in [2.24, 2.45) is 4.99 Å². The molecule has 9 rings (SSSR count). The van der Waals surface area contributed by atoms with Gasteiger partial charge in [0.15, 0.2) is 5.82 Å². The summed E-state index contributed by atoms with van der Waals surface area (Å²) < 4.78 is 10.3. The summed E-state index contributed by atoms with van der Waals surface area (Å²) in [5, 5.41) is 17.2. The third-order valence-corrected chi connectivity index (χ3v) is 12.5. The van der Waals surface area contributed by atoms with E-state index < -0.39 is 29.7 Å². The van der Waals surface area contributed by atoms with Gasteiger partial charge in [-0.1, -0.05) is 41.6 Å². The van der Waals surface area contributed by atoms with Crippen LogP contribution in [0.25, 0.3) is 5.00 Å². The minimum Gasteiger partial charge on any atom is -0.489 e. The van der Waals surface area contributed by atoms with Crippen LogP contribution in [0, 0.1) is 25.7 Å². The van der Waals surface area contributed by atoms with Crippen LogP contribution in [0.4, 0.5) is 0 Å². The van der Waals surface area contributed by atoms with Crippen LogP contribution in [-0.2, 0) is 22.7 Å². The van der Waals surface area contributed by atoms with Gasteiger partial charge in [-0.15, -0.1) is 21.5 Å². The topological polar surface area (TPSA) is 157 Å². The molecule has 0 saturated carbocycles. The van der Waals surface area contributed by atoms with E-state index in [9.17, 15) is 19.2 Å².